The summed E-state index contributed by atoms with van der Waals surface area (Å²) >= 11 is 5.90. The Morgan fingerprint density at radius 3 is 2.24 bits per heavy atom. The van der Waals surface area contributed by atoms with Gasteiger partial charge in [-0.1, -0.05) is 41.4 Å². The van der Waals surface area contributed by atoms with Crippen LogP contribution in [0, 0.1) is 6.92 Å². The van der Waals surface area contributed by atoms with Gasteiger partial charge in [0, 0.05) is 23.6 Å². The molecule has 1 aliphatic rings. The summed E-state index contributed by atoms with van der Waals surface area (Å²) in [6.07, 6.45) is 0.0759. The van der Waals surface area contributed by atoms with E-state index in [2.05, 4.69) is 0 Å². The number of aliphatic hydroxyl groups is 1. The van der Waals surface area contributed by atoms with Crippen molar-refractivity contribution in [3.8, 4) is 0 Å². The van der Waals surface area contributed by atoms with E-state index in [0.29, 0.717) is 16.1 Å². The molecule has 1 heterocycles. The first-order valence-electron chi connectivity index (χ1n) is 9.12. The van der Waals surface area contributed by atoms with Gasteiger partial charge in [-0.2, -0.15) is 0 Å². The van der Waals surface area contributed by atoms with Crippen molar-refractivity contribution in [2.24, 2.45) is 0 Å². The first-order chi connectivity index (χ1) is 13.8. The van der Waals surface area contributed by atoms with Crippen molar-refractivity contribution >= 4 is 35.0 Å². The number of hydrogen-bond donors (Lipinski definition) is 2. The minimum Gasteiger partial charge on any atom is -0.507 e. The molecule has 29 heavy (non-hydrogen) atoms. The maximum absolute atomic E-state index is 12.8. The lowest BCUT2D eigenvalue weighted by molar-refractivity contribution is -0.140. The number of carbonyl (C=O) groups excluding carboxylic acids is 2. The third-order valence-electron chi connectivity index (χ3n) is 4.84. The van der Waals surface area contributed by atoms with Crippen molar-refractivity contribution in [3.63, 3.8) is 0 Å². The number of benzene rings is 2. The molecule has 1 amide bonds. The molecule has 3 rings (SSSR count). The number of halogens is 1. The molecular weight excluding hydrogens is 394 g/mol. The molecule has 2 aromatic carbocycles. The highest BCUT2D eigenvalue weighted by Gasteiger charge is 2.45. The minimum atomic E-state index is -0.977. The topological polar surface area (TPSA) is 94.9 Å². The molecule has 1 atom stereocenters. The van der Waals surface area contributed by atoms with Crippen molar-refractivity contribution in [2.75, 3.05) is 6.54 Å². The van der Waals surface area contributed by atoms with E-state index in [1.807, 2.05) is 19.1 Å². The normalized spacial score (nSPS) is 18.3. The predicted molar refractivity (Wildman–Crippen MR) is 109 cm³/mol. The lowest BCUT2D eigenvalue weighted by atomic mass is 9.94. The van der Waals surface area contributed by atoms with Gasteiger partial charge in [-0.15, -0.1) is 0 Å². The number of Topliss-reactive ketones (excluding diaryl/α,β-unsaturated/α-hetero) is 1. The number of ketones is 1. The molecule has 6 nitrogen and oxygen atoms in total. The predicted octanol–water partition coefficient (Wildman–Crippen LogP) is 3.93. The molecule has 0 aliphatic carbocycles. The molecular formula is C22H20ClNO5. The lowest BCUT2D eigenvalue weighted by Gasteiger charge is -2.25. The Hall–Kier alpha value is -3.12. The molecule has 1 aliphatic heterocycles. The Balaban J connectivity index is 2.08. The van der Waals surface area contributed by atoms with Crippen LogP contribution in [0.1, 0.15) is 35.6 Å². The van der Waals surface area contributed by atoms with Crippen LogP contribution in [0.25, 0.3) is 5.76 Å². The zero-order valence-corrected chi connectivity index (χ0v) is 16.5. The highest BCUT2D eigenvalue weighted by molar-refractivity contribution is 6.46. The number of hydrogen-bond acceptors (Lipinski definition) is 4. The number of aryl methyl sites for hydroxylation is 1. The fourth-order valence-corrected chi connectivity index (χ4v) is 3.50. The zero-order chi connectivity index (χ0) is 21.1. The van der Waals surface area contributed by atoms with Crippen LogP contribution in [0.4, 0.5) is 0 Å². The van der Waals surface area contributed by atoms with Gasteiger partial charge < -0.3 is 15.1 Å². The average molecular weight is 414 g/mol. The Bertz CT molecular complexity index is 979. The van der Waals surface area contributed by atoms with Crippen LogP contribution < -0.4 is 0 Å². The summed E-state index contributed by atoms with van der Waals surface area (Å²) in [5, 5.41) is 20.2. The van der Waals surface area contributed by atoms with Crippen LogP contribution in [0.15, 0.2) is 54.1 Å². The molecule has 0 bridgehead atoms. The summed E-state index contributed by atoms with van der Waals surface area (Å²) in [7, 11) is 0. The number of nitrogens with zero attached hydrogens (tertiary/aromatic N) is 1. The van der Waals surface area contributed by atoms with Crippen molar-refractivity contribution in [3.05, 3.63) is 75.8 Å². The summed E-state index contributed by atoms with van der Waals surface area (Å²) in [5.74, 6) is -2.81. The first-order valence-corrected chi connectivity index (χ1v) is 9.50. The van der Waals surface area contributed by atoms with Crippen molar-refractivity contribution in [2.45, 2.75) is 25.8 Å². The number of carbonyl (C=O) groups is 3. The van der Waals surface area contributed by atoms with E-state index < -0.39 is 23.7 Å². The molecule has 2 N–H and O–H groups in total. The maximum atomic E-state index is 12.8. The fourth-order valence-electron chi connectivity index (χ4n) is 3.37. The minimum absolute atomic E-state index is 0.0171. The molecule has 7 heteroatoms. The van der Waals surface area contributed by atoms with Gasteiger partial charge in [0.25, 0.3) is 11.7 Å². The van der Waals surface area contributed by atoms with Crippen LogP contribution in [0.2, 0.25) is 5.02 Å². The maximum Gasteiger partial charge on any atom is 0.303 e. The number of carboxylic acids is 1. The van der Waals surface area contributed by atoms with Gasteiger partial charge in [0.1, 0.15) is 5.76 Å². The molecule has 0 aromatic heterocycles. The summed E-state index contributed by atoms with van der Waals surface area (Å²) in [6.45, 7) is 2.01. The average Bonchev–Trinajstić information content (AvgIpc) is 2.93. The third kappa shape index (κ3) is 4.32. The molecule has 0 radical (unpaired) electrons. The van der Waals surface area contributed by atoms with E-state index in [4.69, 9.17) is 16.7 Å². The fraction of sp³-hybridized carbons (Fsp3) is 0.227. The molecule has 1 saturated heterocycles. The van der Waals surface area contributed by atoms with Gasteiger partial charge in [-0.25, -0.2) is 0 Å². The van der Waals surface area contributed by atoms with Gasteiger partial charge in [0.05, 0.1) is 11.6 Å². The quantitative estimate of drug-likeness (QED) is 0.425. The number of carboxylic acid groups (broad SMARTS) is 1. The Labute approximate surface area is 173 Å². The van der Waals surface area contributed by atoms with E-state index in [1.165, 1.54) is 4.90 Å². The lowest BCUT2D eigenvalue weighted by Crippen LogP contribution is -2.31. The number of aliphatic carboxylic acids is 1. The van der Waals surface area contributed by atoms with Crippen molar-refractivity contribution < 1.29 is 24.6 Å². The molecule has 0 spiro atoms. The summed E-state index contributed by atoms with van der Waals surface area (Å²) < 4.78 is 0. The van der Waals surface area contributed by atoms with Crippen molar-refractivity contribution in [1.29, 1.82) is 0 Å². The number of aliphatic hydroxyl groups excluding tert-OH is 1. The highest BCUT2D eigenvalue weighted by Crippen LogP contribution is 2.39. The summed E-state index contributed by atoms with van der Waals surface area (Å²) in [5.41, 5.74) is 2.03. The standard InChI is InChI=1S/C22H20ClNO5/c1-13-4-6-14(7-5-13)19-18(20(27)15-8-10-16(23)11-9-15)21(28)22(29)24(19)12-2-3-17(25)26/h4-11,19,27H,2-3,12H2,1H3,(H,25,26). The van der Waals surface area contributed by atoms with E-state index in [9.17, 15) is 19.5 Å². The molecule has 1 fully saturated rings. The zero-order valence-electron chi connectivity index (χ0n) is 15.8. The summed E-state index contributed by atoms with van der Waals surface area (Å²) in [4.78, 5) is 37.7. The van der Waals surface area contributed by atoms with Crippen LogP contribution in [-0.2, 0) is 14.4 Å². The molecule has 2 aromatic rings. The third-order valence-corrected chi connectivity index (χ3v) is 5.09. The van der Waals surface area contributed by atoms with Crippen LogP contribution in [-0.4, -0.2) is 39.3 Å². The second kappa shape index (κ2) is 8.49. The summed E-state index contributed by atoms with van der Waals surface area (Å²) in [6, 6.07) is 12.8. The van der Waals surface area contributed by atoms with E-state index in [-0.39, 0.29) is 30.7 Å². The Morgan fingerprint density at radius 1 is 1.03 bits per heavy atom. The van der Waals surface area contributed by atoms with Crippen LogP contribution >= 0.6 is 11.6 Å². The van der Waals surface area contributed by atoms with Crippen LogP contribution in [0.3, 0.4) is 0 Å². The number of likely N-dealkylation sites (tertiary alicyclic amines) is 1. The molecule has 0 saturated carbocycles. The highest BCUT2D eigenvalue weighted by atomic mass is 35.5. The number of amides is 1. The van der Waals surface area contributed by atoms with Crippen molar-refractivity contribution in [1.82, 2.24) is 4.90 Å². The van der Waals surface area contributed by atoms with E-state index in [1.54, 1.807) is 36.4 Å². The van der Waals surface area contributed by atoms with Gasteiger partial charge in [0.15, 0.2) is 0 Å². The van der Waals surface area contributed by atoms with Gasteiger partial charge >= 0.3 is 5.97 Å². The second-order valence-corrected chi connectivity index (χ2v) is 7.34. The van der Waals surface area contributed by atoms with E-state index >= 15 is 0 Å². The largest absolute Gasteiger partial charge is 0.507 e. The van der Waals surface area contributed by atoms with Gasteiger partial charge in [-0.3, -0.25) is 14.4 Å². The first kappa shape index (κ1) is 20.6. The molecule has 1 unspecified atom stereocenters. The smallest absolute Gasteiger partial charge is 0.303 e. The van der Waals surface area contributed by atoms with Crippen LogP contribution in [0.5, 0.6) is 0 Å². The van der Waals surface area contributed by atoms with E-state index in [0.717, 1.165) is 5.56 Å². The van der Waals surface area contributed by atoms with Gasteiger partial charge in [0.2, 0.25) is 0 Å². The second-order valence-electron chi connectivity index (χ2n) is 6.91. The Kier molecular flexibility index (Phi) is 6.03. The monoisotopic (exact) mass is 413 g/mol. The Morgan fingerprint density at radius 2 is 1.66 bits per heavy atom. The molecule has 150 valence electrons. The van der Waals surface area contributed by atoms with Gasteiger partial charge in [-0.05, 0) is 43.2 Å². The number of rotatable bonds is 6. The SMILES string of the molecule is Cc1ccc(C2C(=C(O)c3ccc(Cl)cc3)C(=O)C(=O)N2CCCC(=O)O)cc1.